The van der Waals surface area contributed by atoms with Gasteiger partial charge in [0.1, 0.15) is 0 Å². The molecule has 0 spiro atoms. The lowest BCUT2D eigenvalue weighted by Gasteiger charge is -2.38. The van der Waals surface area contributed by atoms with Crippen LogP contribution in [0, 0.1) is 11.3 Å². The Morgan fingerprint density at radius 1 is 1.25 bits per heavy atom. The highest BCUT2D eigenvalue weighted by molar-refractivity contribution is 9.09. The van der Waals surface area contributed by atoms with E-state index in [1.807, 2.05) is 0 Å². The smallest absolute Gasteiger partial charge is 0.0471 e. The van der Waals surface area contributed by atoms with Gasteiger partial charge in [0, 0.05) is 18.5 Å². The zero-order valence-corrected chi connectivity index (χ0v) is 12.5. The number of hydrogen-bond acceptors (Lipinski definition) is 1. The van der Waals surface area contributed by atoms with Crippen LogP contribution in [0.1, 0.15) is 58.8 Å². The predicted molar refractivity (Wildman–Crippen MR) is 74.2 cm³/mol. The van der Waals surface area contributed by atoms with Crippen molar-refractivity contribution >= 4 is 15.9 Å². The van der Waals surface area contributed by atoms with Gasteiger partial charge in [0.25, 0.3) is 0 Å². The van der Waals surface area contributed by atoms with Gasteiger partial charge in [-0.25, -0.2) is 0 Å². The average Bonchev–Trinajstić information content (AvgIpc) is 2.35. The summed E-state index contributed by atoms with van der Waals surface area (Å²) < 4.78 is 5.50. The average molecular weight is 291 g/mol. The van der Waals surface area contributed by atoms with Gasteiger partial charge in [0.15, 0.2) is 0 Å². The highest BCUT2D eigenvalue weighted by Gasteiger charge is 2.33. The first-order valence-electron chi connectivity index (χ1n) is 6.90. The van der Waals surface area contributed by atoms with Gasteiger partial charge in [-0.2, -0.15) is 0 Å². The van der Waals surface area contributed by atoms with E-state index >= 15 is 0 Å². The third-order valence-corrected chi connectivity index (χ3v) is 5.29. The van der Waals surface area contributed by atoms with Crippen LogP contribution >= 0.6 is 15.9 Å². The number of alkyl halides is 1. The van der Waals surface area contributed by atoms with E-state index in [9.17, 15) is 0 Å². The number of unbranched alkanes of at least 4 members (excludes halogenated alkanes) is 1. The molecule has 0 radical (unpaired) electrons. The molecule has 1 heterocycles. The lowest BCUT2D eigenvalue weighted by Crippen LogP contribution is -2.33. The molecule has 1 unspecified atom stereocenters. The summed E-state index contributed by atoms with van der Waals surface area (Å²) in [5, 5.41) is 1.16. The molecule has 0 bridgehead atoms. The zero-order chi connectivity index (χ0) is 11.9. The monoisotopic (exact) mass is 290 g/mol. The molecule has 16 heavy (non-hydrogen) atoms. The Morgan fingerprint density at radius 3 is 2.44 bits per heavy atom. The molecule has 0 saturated carbocycles. The third-order valence-electron chi connectivity index (χ3n) is 4.10. The number of hydrogen-bond donors (Lipinski definition) is 0. The van der Waals surface area contributed by atoms with Crippen molar-refractivity contribution in [3.8, 4) is 0 Å². The summed E-state index contributed by atoms with van der Waals surface area (Å²) in [7, 11) is 0. The van der Waals surface area contributed by atoms with E-state index in [0.29, 0.717) is 5.41 Å². The molecule has 0 aliphatic carbocycles. The van der Waals surface area contributed by atoms with Gasteiger partial charge >= 0.3 is 0 Å². The first kappa shape index (κ1) is 14.5. The SMILES string of the molecule is CCCCC(CC)CC1(CBr)CCOCC1. The molecule has 0 aromatic rings. The highest BCUT2D eigenvalue weighted by atomic mass is 79.9. The molecule has 1 atom stereocenters. The van der Waals surface area contributed by atoms with Crippen LogP contribution < -0.4 is 0 Å². The van der Waals surface area contributed by atoms with Gasteiger partial charge < -0.3 is 4.74 Å². The molecule has 1 saturated heterocycles. The van der Waals surface area contributed by atoms with Gasteiger partial charge in [-0.05, 0) is 30.6 Å². The number of rotatable bonds is 7. The standard InChI is InChI=1S/C14H27BrO/c1-3-5-6-13(4-2)11-14(12-15)7-9-16-10-8-14/h13H,3-12H2,1-2H3. The number of ether oxygens (including phenoxy) is 1. The minimum absolute atomic E-state index is 0.534. The van der Waals surface area contributed by atoms with Crippen LogP contribution in [0.15, 0.2) is 0 Å². The summed E-state index contributed by atoms with van der Waals surface area (Å²) in [5.41, 5.74) is 0.534. The lowest BCUT2D eigenvalue weighted by molar-refractivity contribution is 0.0137. The van der Waals surface area contributed by atoms with Crippen LogP contribution in [0.5, 0.6) is 0 Å². The lowest BCUT2D eigenvalue weighted by atomic mass is 9.73. The van der Waals surface area contributed by atoms with Crippen LogP contribution in [0.3, 0.4) is 0 Å². The van der Waals surface area contributed by atoms with E-state index in [1.165, 1.54) is 44.9 Å². The summed E-state index contributed by atoms with van der Waals surface area (Å²) in [4.78, 5) is 0. The second-order valence-electron chi connectivity index (χ2n) is 5.37. The van der Waals surface area contributed by atoms with Crippen LogP contribution in [-0.4, -0.2) is 18.5 Å². The molecular weight excluding hydrogens is 264 g/mol. The maximum absolute atomic E-state index is 5.50. The normalized spacial score (nSPS) is 21.9. The Morgan fingerprint density at radius 2 is 1.94 bits per heavy atom. The molecule has 96 valence electrons. The summed E-state index contributed by atoms with van der Waals surface area (Å²) in [5.74, 6) is 0.926. The molecule has 1 nitrogen and oxygen atoms in total. The Kier molecular flexibility index (Phi) is 6.98. The first-order chi connectivity index (χ1) is 7.76. The minimum Gasteiger partial charge on any atom is -0.381 e. The second-order valence-corrected chi connectivity index (χ2v) is 5.93. The van der Waals surface area contributed by atoms with Crippen molar-refractivity contribution in [2.45, 2.75) is 58.8 Å². The first-order valence-corrected chi connectivity index (χ1v) is 8.02. The van der Waals surface area contributed by atoms with Crippen molar-refractivity contribution in [3.63, 3.8) is 0 Å². The Hall–Kier alpha value is 0.440. The van der Waals surface area contributed by atoms with Crippen LogP contribution in [0.4, 0.5) is 0 Å². The zero-order valence-electron chi connectivity index (χ0n) is 10.9. The van der Waals surface area contributed by atoms with Gasteiger partial charge in [-0.15, -0.1) is 0 Å². The van der Waals surface area contributed by atoms with E-state index < -0.39 is 0 Å². The maximum Gasteiger partial charge on any atom is 0.0471 e. The molecule has 0 aromatic carbocycles. The van der Waals surface area contributed by atoms with Crippen molar-refractivity contribution in [1.82, 2.24) is 0 Å². The molecule has 1 rings (SSSR count). The fourth-order valence-corrected chi connectivity index (χ4v) is 3.54. The highest BCUT2D eigenvalue weighted by Crippen LogP contribution is 2.40. The van der Waals surface area contributed by atoms with Crippen molar-refractivity contribution in [2.75, 3.05) is 18.5 Å². The van der Waals surface area contributed by atoms with E-state index in [1.54, 1.807) is 0 Å². The molecule has 1 fully saturated rings. The van der Waals surface area contributed by atoms with Gasteiger partial charge in [0.05, 0.1) is 0 Å². The predicted octanol–water partition coefficient (Wildman–Crippen LogP) is 4.78. The van der Waals surface area contributed by atoms with Gasteiger partial charge in [-0.3, -0.25) is 0 Å². The van der Waals surface area contributed by atoms with Crippen molar-refractivity contribution < 1.29 is 4.74 Å². The quantitative estimate of drug-likeness (QED) is 0.613. The van der Waals surface area contributed by atoms with Crippen molar-refractivity contribution in [2.24, 2.45) is 11.3 Å². The Balaban J connectivity index is 2.45. The Labute approximate surface area is 109 Å². The summed E-state index contributed by atoms with van der Waals surface area (Å²) in [6.45, 7) is 6.58. The second kappa shape index (κ2) is 7.71. The summed E-state index contributed by atoms with van der Waals surface area (Å²) in [6.07, 6.45) is 9.40. The summed E-state index contributed by atoms with van der Waals surface area (Å²) >= 11 is 3.74. The summed E-state index contributed by atoms with van der Waals surface area (Å²) in [6, 6.07) is 0. The van der Waals surface area contributed by atoms with Crippen LogP contribution in [-0.2, 0) is 4.74 Å². The van der Waals surface area contributed by atoms with E-state index in [2.05, 4.69) is 29.8 Å². The maximum atomic E-state index is 5.50. The minimum atomic E-state index is 0.534. The molecule has 0 aromatic heterocycles. The molecule has 1 aliphatic rings. The van der Waals surface area contributed by atoms with E-state index in [0.717, 1.165) is 24.5 Å². The fraction of sp³-hybridized carbons (Fsp3) is 1.00. The van der Waals surface area contributed by atoms with E-state index in [-0.39, 0.29) is 0 Å². The molecule has 0 N–H and O–H groups in total. The largest absolute Gasteiger partial charge is 0.381 e. The fourth-order valence-electron chi connectivity index (χ4n) is 2.75. The molecule has 2 heteroatoms. The van der Waals surface area contributed by atoms with Crippen molar-refractivity contribution in [3.05, 3.63) is 0 Å². The topological polar surface area (TPSA) is 9.23 Å². The molecule has 0 amide bonds. The molecule has 1 aliphatic heterocycles. The van der Waals surface area contributed by atoms with Crippen molar-refractivity contribution in [1.29, 1.82) is 0 Å². The third kappa shape index (κ3) is 4.37. The van der Waals surface area contributed by atoms with Crippen LogP contribution in [0.25, 0.3) is 0 Å². The van der Waals surface area contributed by atoms with E-state index in [4.69, 9.17) is 4.74 Å². The molecular formula is C14H27BrO. The Bertz CT molecular complexity index is 176. The number of halogens is 1. The van der Waals surface area contributed by atoms with Gasteiger partial charge in [-0.1, -0.05) is 55.5 Å². The van der Waals surface area contributed by atoms with Crippen LogP contribution in [0.2, 0.25) is 0 Å². The van der Waals surface area contributed by atoms with Gasteiger partial charge in [0.2, 0.25) is 0 Å².